The molecule has 112 valence electrons. The fourth-order valence-corrected chi connectivity index (χ4v) is 2.95. The first-order valence-electron chi connectivity index (χ1n) is 6.81. The van der Waals surface area contributed by atoms with Crippen LogP contribution in [0.25, 0.3) is 11.4 Å². The van der Waals surface area contributed by atoms with Crippen molar-refractivity contribution < 1.29 is 9.21 Å². The summed E-state index contributed by atoms with van der Waals surface area (Å²) in [6.45, 7) is 5.51. The third kappa shape index (κ3) is 2.65. The molecule has 0 atom stereocenters. The Morgan fingerprint density at radius 2 is 2.00 bits per heavy atom. The topological polar surface area (TPSA) is 68.0 Å². The minimum Gasteiger partial charge on any atom is -0.466 e. The molecule has 0 saturated carbocycles. The summed E-state index contributed by atoms with van der Waals surface area (Å²) in [5.74, 6) is 1.18. The number of carbonyl (C=O) groups excluding carboxylic acids is 1. The molecule has 3 rings (SSSR count). The number of thiazole rings is 1. The van der Waals surface area contributed by atoms with Crippen LogP contribution in [0.15, 0.2) is 34.2 Å². The van der Waals surface area contributed by atoms with Gasteiger partial charge < -0.3 is 4.42 Å². The average Bonchev–Trinajstić information content (AvgIpc) is 3.05. The van der Waals surface area contributed by atoms with Gasteiger partial charge in [0.25, 0.3) is 5.91 Å². The fourth-order valence-electron chi connectivity index (χ4n) is 2.25. The lowest BCUT2D eigenvalue weighted by atomic mass is 10.1. The number of carbonyl (C=O) groups is 1. The number of furan rings is 1. The summed E-state index contributed by atoms with van der Waals surface area (Å²) in [6, 6.07) is 5.64. The van der Waals surface area contributed by atoms with E-state index in [1.54, 1.807) is 13.1 Å². The molecule has 22 heavy (non-hydrogen) atoms. The highest BCUT2D eigenvalue weighted by Crippen LogP contribution is 2.25. The Labute approximate surface area is 132 Å². The van der Waals surface area contributed by atoms with E-state index in [-0.39, 0.29) is 5.91 Å². The number of hydrogen-bond acceptors (Lipinski definition) is 5. The van der Waals surface area contributed by atoms with Crippen LogP contribution in [0.2, 0.25) is 0 Å². The number of nitrogens with one attached hydrogen (secondary N) is 1. The highest BCUT2D eigenvalue weighted by atomic mass is 32.1. The molecule has 1 amide bonds. The summed E-state index contributed by atoms with van der Waals surface area (Å²) in [6.07, 6.45) is 1.72. The van der Waals surface area contributed by atoms with Crippen LogP contribution in [-0.4, -0.2) is 15.9 Å². The van der Waals surface area contributed by atoms with Gasteiger partial charge >= 0.3 is 0 Å². The molecule has 0 aliphatic rings. The molecule has 3 aromatic heterocycles. The second-order valence-corrected chi connectivity index (χ2v) is 5.78. The van der Waals surface area contributed by atoms with Crippen LogP contribution in [0, 0.1) is 20.8 Å². The molecular weight excluding hydrogens is 298 g/mol. The predicted molar refractivity (Wildman–Crippen MR) is 86.2 cm³/mol. The normalized spacial score (nSPS) is 10.7. The first kappa shape index (κ1) is 14.5. The van der Waals surface area contributed by atoms with E-state index in [2.05, 4.69) is 15.3 Å². The molecule has 5 nitrogen and oxygen atoms in total. The molecule has 3 heterocycles. The largest absolute Gasteiger partial charge is 0.466 e. The van der Waals surface area contributed by atoms with E-state index in [9.17, 15) is 4.79 Å². The van der Waals surface area contributed by atoms with Gasteiger partial charge in [-0.2, -0.15) is 0 Å². The molecule has 0 aliphatic carbocycles. The summed E-state index contributed by atoms with van der Waals surface area (Å²) >= 11 is 1.37. The van der Waals surface area contributed by atoms with Gasteiger partial charge in [-0.05, 0) is 32.9 Å². The number of hydrogen-bond donors (Lipinski definition) is 1. The minimum atomic E-state index is -0.200. The van der Waals surface area contributed by atoms with Crippen LogP contribution in [0.5, 0.6) is 0 Å². The van der Waals surface area contributed by atoms with Crippen molar-refractivity contribution in [2.24, 2.45) is 0 Å². The van der Waals surface area contributed by atoms with Crippen LogP contribution in [0.3, 0.4) is 0 Å². The van der Waals surface area contributed by atoms with Gasteiger partial charge in [0.05, 0.1) is 11.3 Å². The third-order valence-electron chi connectivity index (χ3n) is 3.44. The van der Waals surface area contributed by atoms with Gasteiger partial charge in [-0.15, -0.1) is 11.3 Å². The zero-order chi connectivity index (χ0) is 15.7. The van der Waals surface area contributed by atoms with E-state index >= 15 is 0 Å². The number of amides is 1. The zero-order valence-electron chi connectivity index (χ0n) is 12.5. The van der Waals surface area contributed by atoms with Crippen molar-refractivity contribution in [3.8, 4) is 11.4 Å². The first-order valence-corrected chi connectivity index (χ1v) is 7.69. The van der Waals surface area contributed by atoms with Gasteiger partial charge in [-0.1, -0.05) is 6.07 Å². The Morgan fingerprint density at radius 3 is 2.64 bits per heavy atom. The van der Waals surface area contributed by atoms with Crippen molar-refractivity contribution in [2.75, 3.05) is 5.32 Å². The van der Waals surface area contributed by atoms with Crippen molar-refractivity contribution in [3.63, 3.8) is 0 Å². The van der Waals surface area contributed by atoms with E-state index in [0.29, 0.717) is 16.5 Å². The Bertz CT molecular complexity index is 821. The molecule has 0 radical (unpaired) electrons. The Kier molecular flexibility index (Phi) is 3.77. The summed E-state index contributed by atoms with van der Waals surface area (Å²) < 4.78 is 5.49. The molecule has 0 saturated heterocycles. The number of rotatable bonds is 3. The second-order valence-electron chi connectivity index (χ2n) is 4.92. The van der Waals surface area contributed by atoms with Crippen LogP contribution < -0.4 is 5.32 Å². The van der Waals surface area contributed by atoms with Gasteiger partial charge in [0.15, 0.2) is 5.13 Å². The minimum absolute atomic E-state index is 0.200. The second kappa shape index (κ2) is 5.73. The van der Waals surface area contributed by atoms with E-state index in [1.165, 1.54) is 11.3 Å². The molecule has 3 aromatic rings. The lowest BCUT2D eigenvalue weighted by Crippen LogP contribution is -2.13. The molecule has 0 aromatic carbocycles. The lowest BCUT2D eigenvalue weighted by Gasteiger charge is -2.01. The zero-order valence-corrected chi connectivity index (χ0v) is 13.3. The maximum atomic E-state index is 12.4. The van der Waals surface area contributed by atoms with Gasteiger partial charge in [-0.25, -0.2) is 4.98 Å². The van der Waals surface area contributed by atoms with Crippen LogP contribution >= 0.6 is 11.3 Å². The average molecular weight is 313 g/mol. The van der Waals surface area contributed by atoms with Crippen molar-refractivity contribution in [1.29, 1.82) is 0 Å². The summed E-state index contributed by atoms with van der Waals surface area (Å²) in [5.41, 5.74) is 2.96. The number of aromatic nitrogens is 2. The van der Waals surface area contributed by atoms with Gasteiger partial charge in [0, 0.05) is 17.1 Å². The summed E-state index contributed by atoms with van der Waals surface area (Å²) in [7, 11) is 0. The lowest BCUT2D eigenvalue weighted by molar-refractivity contribution is 0.102. The fraction of sp³-hybridized carbons (Fsp3) is 0.188. The van der Waals surface area contributed by atoms with E-state index in [4.69, 9.17) is 4.42 Å². The quantitative estimate of drug-likeness (QED) is 0.794. The number of nitrogens with zero attached hydrogens (tertiary/aromatic N) is 2. The Balaban J connectivity index is 1.82. The molecule has 0 unspecified atom stereocenters. The van der Waals surface area contributed by atoms with E-state index < -0.39 is 0 Å². The molecule has 6 heteroatoms. The highest BCUT2D eigenvalue weighted by Gasteiger charge is 2.19. The van der Waals surface area contributed by atoms with Crippen LogP contribution in [0.1, 0.15) is 27.4 Å². The highest BCUT2D eigenvalue weighted by molar-refractivity contribution is 7.14. The van der Waals surface area contributed by atoms with E-state index in [1.807, 2.05) is 37.4 Å². The van der Waals surface area contributed by atoms with E-state index in [0.717, 1.165) is 22.7 Å². The predicted octanol–water partition coefficient (Wildman–Crippen LogP) is 3.98. The molecular formula is C16H15N3O2S. The SMILES string of the molecule is Cc1oc(C)c(C(=O)Nc2nc(-c3ccccn3)cs2)c1C. The number of aryl methyl sites for hydroxylation is 2. The molecule has 0 bridgehead atoms. The standard InChI is InChI=1S/C16H15N3O2S/c1-9-10(2)21-11(3)14(9)15(20)19-16-18-13(8-22-16)12-6-4-5-7-17-12/h4-8H,1-3H3,(H,18,19,20). The van der Waals surface area contributed by atoms with Crippen molar-refractivity contribution in [2.45, 2.75) is 20.8 Å². The van der Waals surface area contributed by atoms with Crippen molar-refractivity contribution in [3.05, 3.63) is 52.4 Å². The number of pyridine rings is 1. The first-order chi connectivity index (χ1) is 10.6. The van der Waals surface area contributed by atoms with Crippen molar-refractivity contribution >= 4 is 22.4 Å². The summed E-state index contributed by atoms with van der Waals surface area (Å²) in [4.78, 5) is 21.0. The van der Waals surface area contributed by atoms with Gasteiger partial charge in [-0.3, -0.25) is 15.1 Å². The van der Waals surface area contributed by atoms with Crippen LogP contribution in [-0.2, 0) is 0 Å². The van der Waals surface area contributed by atoms with Gasteiger partial charge in [0.2, 0.25) is 0 Å². The van der Waals surface area contributed by atoms with Gasteiger partial charge in [0.1, 0.15) is 17.2 Å². The molecule has 0 fully saturated rings. The van der Waals surface area contributed by atoms with Crippen molar-refractivity contribution in [1.82, 2.24) is 9.97 Å². The maximum absolute atomic E-state index is 12.4. The third-order valence-corrected chi connectivity index (χ3v) is 4.20. The number of anilines is 1. The molecule has 0 spiro atoms. The van der Waals surface area contributed by atoms with Crippen LogP contribution in [0.4, 0.5) is 5.13 Å². The smallest absolute Gasteiger partial charge is 0.261 e. The monoisotopic (exact) mass is 313 g/mol. The Hall–Kier alpha value is -2.47. The molecule has 0 aliphatic heterocycles. The maximum Gasteiger partial charge on any atom is 0.261 e. The molecule has 1 N–H and O–H groups in total. The summed E-state index contributed by atoms with van der Waals surface area (Å²) in [5, 5.41) is 5.24. The Morgan fingerprint density at radius 1 is 1.18 bits per heavy atom.